The highest BCUT2D eigenvalue weighted by molar-refractivity contribution is 5.87. The van der Waals surface area contributed by atoms with E-state index in [9.17, 15) is 9.18 Å². The second-order valence-electron chi connectivity index (χ2n) is 9.43. The third-order valence-electron chi connectivity index (χ3n) is 8.25. The van der Waals surface area contributed by atoms with Crippen LogP contribution in [0.15, 0.2) is 18.2 Å². The highest BCUT2D eigenvalue weighted by Crippen LogP contribution is 2.65. The fraction of sp³-hybridized carbons (Fsp3) is 0.682. The molecule has 1 N–H and O–H groups in total. The SMILES string of the molecule is O=C(O)c1ccc(CN2CCC3(CC2)[C@H]2C[C@@H]4C[C@@H](C[C@H]3C4)C2)c(F)c1. The van der Waals surface area contributed by atoms with Crippen LogP contribution in [0.2, 0.25) is 0 Å². The Morgan fingerprint density at radius 3 is 2.23 bits per heavy atom. The molecule has 1 aromatic rings. The van der Waals surface area contributed by atoms with Crippen LogP contribution in [0, 0.1) is 34.9 Å². The zero-order chi connectivity index (χ0) is 17.9. The number of carboxylic acid groups (broad SMARTS) is 1. The maximum atomic E-state index is 14.3. The van der Waals surface area contributed by atoms with Gasteiger partial charge in [0.25, 0.3) is 0 Å². The van der Waals surface area contributed by atoms with Crippen LogP contribution in [0.1, 0.15) is 60.9 Å². The molecule has 1 saturated heterocycles. The van der Waals surface area contributed by atoms with Gasteiger partial charge in [0.05, 0.1) is 5.56 Å². The van der Waals surface area contributed by atoms with Crippen LogP contribution in [0.25, 0.3) is 0 Å². The lowest BCUT2D eigenvalue weighted by Crippen LogP contribution is -2.56. The van der Waals surface area contributed by atoms with Crippen molar-refractivity contribution < 1.29 is 14.3 Å². The van der Waals surface area contributed by atoms with Gasteiger partial charge in [-0.1, -0.05) is 6.07 Å². The molecule has 0 aromatic heterocycles. The summed E-state index contributed by atoms with van der Waals surface area (Å²) < 4.78 is 14.3. The number of carboxylic acids is 1. The smallest absolute Gasteiger partial charge is 0.335 e. The Morgan fingerprint density at radius 1 is 1.08 bits per heavy atom. The number of rotatable bonds is 3. The molecule has 140 valence electrons. The van der Waals surface area contributed by atoms with Crippen LogP contribution < -0.4 is 0 Å². The molecule has 6 rings (SSSR count). The first kappa shape index (κ1) is 16.7. The highest BCUT2D eigenvalue weighted by Gasteiger charge is 2.57. The quantitative estimate of drug-likeness (QED) is 0.862. The lowest BCUT2D eigenvalue weighted by atomic mass is 9.43. The Kier molecular flexibility index (Phi) is 3.89. The van der Waals surface area contributed by atoms with Gasteiger partial charge in [-0.2, -0.15) is 0 Å². The van der Waals surface area contributed by atoms with Crippen LogP contribution in [0.5, 0.6) is 0 Å². The van der Waals surface area contributed by atoms with E-state index in [1.165, 1.54) is 51.0 Å². The summed E-state index contributed by atoms with van der Waals surface area (Å²) in [7, 11) is 0. The first-order valence-electron chi connectivity index (χ1n) is 10.3. The van der Waals surface area contributed by atoms with Crippen molar-refractivity contribution >= 4 is 5.97 Å². The summed E-state index contributed by atoms with van der Waals surface area (Å²) in [5.74, 6) is 2.48. The van der Waals surface area contributed by atoms with Crippen molar-refractivity contribution in [3.63, 3.8) is 0 Å². The van der Waals surface area contributed by atoms with E-state index in [1.54, 1.807) is 6.07 Å². The Balaban J connectivity index is 1.26. The van der Waals surface area contributed by atoms with Gasteiger partial charge < -0.3 is 5.11 Å². The molecule has 0 amide bonds. The predicted molar refractivity (Wildman–Crippen MR) is 97.3 cm³/mol. The first-order valence-corrected chi connectivity index (χ1v) is 10.3. The van der Waals surface area contributed by atoms with Gasteiger partial charge in [0, 0.05) is 12.1 Å². The summed E-state index contributed by atoms with van der Waals surface area (Å²) in [5.41, 5.74) is 1.23. The molecule has 1 aromatic carbocycles. The lowest BCUT2D eigenvalue weighted by molar-refractivity contribution is -0.136. The van der Waals surface area contributed by atoms with Gasteiger partial charge in [-0.05, 0) is 99.3 Å². The summed E-state index contributed by atoms with van der Waals surface area (Å²) in [6.45, 7) is 2.72. The monoisotopic (exact) mass is 357 g/mol. The standard InChI is InChI=1S/C22H28FNO2/c23-20-12-16(21(25)26)1-2-17(20)13-24-5-3-22(4-6-24)18-8-14-7-15(10-18)11-19(22)9-14/h1-2,12,14-15,18-19H,3-11,13H2,(H,25,26)/t14-,15+,18-,19+. The molecule has 5 aliphatic rings. The van der Waals surface area contributed by atoms with E-state index in [2.05, 4.69) is 4.90 Å². The average Bonchev–Trinajstić information content (AvgIpc) is 2.62. The predicted octanol–water partition coefficient (Wildman–Crippen LogP) is 4.56. The van der Waals surface area contributed by atoms with Crippen molar-refractivity contribution in [2.45, 2.75) is 51.5 Å². The van der Waals surface area contributed by atoms with E-state index in [1.807, 2.05) is 0 Å². The Labute approximate surface area is 154 Å². The lowest BCUT2D eigenvalue weighted by Gasteiger charge is -2.63. The first-order chi connectivity index (χ1) is 12.5. The molecule has 4 saturated carbocycles. The number of likely N-dealkylation sites (tertiary alicyclic amines) is 1. The Hall–Kier alpha value is -1.42. The Morgan fingerprint density at radius 2 is 1.69 bits per heavy atom. The van der Waals surface area contributed by atoms with Crippen LogP contribution in [0.3, 0.4) is 0 Å². The van der Waals surface area contributed by atoms with Gasteiger partial charge in [-0.15, -0.1) is 0 Å². The van der Waals surface area contributed by atoms with Crippen LogP contribution in [0.4, 0.5) is 4.39 Å². The number of hydrogen-bond acceptors (Lipinski definition) is 2. The van der Waals surface area contributed by atoms with E-state index < -0.39 is 5.97 Å². The molecule has 4 aliphatic carbocycles. The molecule has 1 aliphatic heterocycles. The molecule has 5 fully saturated rings. The minimum atomic E-state index is -1.07. The number of hydrogen-bond donors (Lipinski definition) is 1. The average molecular weight is 357 g/mol. The number of aromatic carboxylic acids is 1. The molecule has 4 bridgehead atoms. The summed E-state index contributed by atoms with van der Waals surface area (Å²) in [4.78, 5) is 13.3. The maximum Gasteiger partial charge on any atom is 0.335 e. The number of halogens is 1. The van der Waals surface area contributed by atoms with E-state index in [0.717, 1.165) is 42.8 Å². The summed E-state index contributed by atoms with van der Waals surface area (Å²) in [6.07, 6.45) is 9.93. The molecule has 0 atom stereocenters. The van der Waals surface area contributed by atoms with Crippen molar-refractivity contribution in [2.24, 2.45) is 29.1 Å². The molecule has 26 heavy (non-hydrogen) atoms. The van der Waals surface area contributed by atoms with Crippen molar-refractivity contribution in [2.75, 3.05) is 13.1 Å². The van der Waals surface area contributed by atoms with Crippen molar-refractivity contribution in [1.29, 1.82) is 0 Å². The van der Waals surface area contributed by atoms with Crippen molar-refractivity contribution in [3.8, 4) is 0 Å². The zero-order valence-electron chi connectivity index (χ0n) is 15.3. The summed E-state index contributed by atoms with van der Waals surface area (Å²) >= 11 is 0. The van der Waals surface area contributed by atoms with Gasteiger partial charge in [-0.25, -0.2) is 9.18 Å². The topological polar surface area (TPSA) is 40.5 Å². The van der Waals surface area contributed by atoms with Crippen LogP contribution in [-0.4, -0.2) is 29.1 Å². The van der Waals surface area contributed by atoms with Gasteiger partial charge in [0.2, 0.25) is 0 Å². The van der Waals surface area contributed by atoms with Gasteiger partial charge >= 0.3 is 5.97 Å². The molecular formula is C22H28FNO2. The fourth-order valence-corrected chi connectivity index (χ4v) is 7.12. The van der Waals surface area contributed by atoms with E-state index in [-0.39, 0.29) is 11.4 Å². The summed E-state index contributed by atoms with van der Waals surface area (Å²) in [6, 6.07) is 4.32. The number of nitrogens with zero attached hydrogens (tertiary/aromatic N) is 1. The second-order valence-corrected chi connectivity index (χ2v) is 9.43. The highest BCUT2D eigenvalue weighted by atomic mass is 19.1. The number of piperidine rings is 1. The van der Waals surface area contributed by atoms with Gasteiger partial charge in [-0.3, -0.25) is 4.90 Å². The fourth-order valence-electron chi connectivity index (χ4n) is 7.12. The van der Waals surface area contributed by atoms with Gasteiger partial charge in [0.1, 0.15) is 5.82 Å². The molecule has 1 spiro atoms. The zero-order valence-corrected chi connectivity index (χ0v) is 15.3. The minimum Gasteiger partial charge on any atom is -0.478 e. The van der Waals surface area contributed by atoms with E-state index in [4.69, 9.17) is 5.11 Å². The number of benzene rings is 1. The van der Waals surface area contributed by atoms with Crippen molar-refractivity contribution in [3.05, 3.63) is 35.1 Å². The second kappa shape index (κ2) is 6.05. The van der Waals surface area contributed by atoms with Gasteiger partial charge in [0.15, 0.2) is 0 Å². The molecule has 3 nitrogen and oxygen atoms in total. The minimum absolute atomic E-state index is 0.0254. The molecule has 4 heteroatoms. The van der Waals surface area contributed by atoms with E-state index >= 15 is 0 Å². The molecular weight excluding hydrogens is 329 g/mol. The van der Waals surface area contributed by atoms with Crippen LogP contribution in [-0.2, 0) is 6.54 Å². The Bertz CT molecular complexity index is 693. The van der Waals surface area contributed by atoms with E-state index in [0.29, 0.717) is 17.5 Å². The van der Waals surface area contributed by atoms with Crippen LogP contribution >= 0.6 is 0 Å². The largest absolute Gasteiger partial charge is 0.478 e. The summed E-state index contributed by atoms with van der Waals surface area (Å²) in [5, 5.41) is 8.99. The maximum absolute atomic E-state index is 14.3. The third kappa shape index (κ3) is 2.60. The van der Waals surface area contributed by atoms with Crippen molar-refractivity contribution in [1.82, 2.24) is 4.90 Å². The normalized spacial score (nSPS) is 35.1. The number of carbonyl (C=O) groups is 1. The third-order valence-corrected chi connectivity index (χ3v) is 8.25. The molecule has 1 heterocycles. The molecule has 0 unspecified atom stereocenters. The molecule has 0 radical (unpaired) electrons.